The summed E-state index contributed by atoms with van der Waals surface area (Å²) in [6, 6.07) is 5.78. The van der Waals surface area contributed by atoms with Crippen molar-refractivity contribution in [2.24, 2.45) is 0 Å². The standard InChI is InChI=1S/C13H29ClN.C7H8O3S/c1-4-6-11-15(3,12-7-5-2)13-9-8-10-14;1-6-2-4-7(5-3-6)11(8,9)10/h4-13H2,1-3H3;2-5H,1H3,(H,8,9,10)/q+1;/p-1. The fourth-order valence-electron chi connectivity index (χ4n) is 2.71. The molecule has 1 aromatic rings. The summed E-state index contributed by atoms with van der Waals surface area (Å²) in [5.74, 6) is 0.821. The van der Waals surface area contributed by atoms with Gasteiger partial charge in [0.2, 0.25) is 0 Å². The Hall–Kier alpha value is -0.620. The van der Waals surface area contributed by atoms with Crippen LogP contribution in [-0.4, -0.2) is 50.0 Å². The molecule has 0 fully saturated rings. The molecule has 0 N–H and O–H groups in total. The number of hydrogen-bond donors (Lipinski definition) is 0. The van der Waals surface area contributed by atoms with E-state index in [-0.39, 0.29) is 4.90 Å². The fraction of sp³-hybridized carbons (Fsp3) is 0.700. The topological polar surface area (TPSA) is 57.2 Å². The molecular weight excluding hydrogens is 370 g/mol. The number of alkyl halides is 1. The predicted octanol–water partition coefficient (Wildman–Crippen LogP) is 4.95. The number of aryl methyl sites for hydroxylation is 1. The highest BCUT2D eigenvalue weighted by Crippen LogP contribution is 2.11. The van der Waals surface area contributed by atoms with Gasteiger partial charge in [-0.05, 0) is 44.7 Å². The number of halogens is 1. The van der Waals surface area contributed by atoms with Gasteiger partial charge in [-0.1, -0.05) is 44.4 Å². The molecule has 0 bridgehead atoms. The number of unbranched alkanes of at least 4 members (excludes halogenated alkanes) is 3. The maximum absolute atomic E-state index is 10.4. The lowest BCUT2D eigenvalue weighted by Crippen LogP contribution is -2.46. The van der Waals surface area contributed by atoms with Gasteiger partial charge in [0.25, 0.3) is 0 Å². The molecule has 4 nitrogen and oxygen atoms in total. The Balaban J connectivity index is 0.000000502. The quantitative estimate of drug-likeness (QED) is 0.226. The van der Waals surface area contributed by atoms with Crippen molar-refractivity contribution in [1.29, 1.82) is 0 Å². The van der Waals surface area contributed by atoms with Gasteiger partial charge in [0, 0.05) is 5.88 Å². The number of hydrogen-bond acceptors (Lipinski definition) is 3. The summed E-state index contributed by atoms with van der Waals surface area (Å²) in [5, 5.41) is 0. The minimum atomic E-state index is -4.27. The first-order chi connectivity index (χ1) is 12.2. The van der Waals surface area contributed by atoms with E-state index in [4.69, 9.17) is 11.6 Å². The summed E-state index contributed by atoms with van der Waals surface area (Å²) in [5.41, 5.74) is 0.928. The van der Waals surface area contributed by atoms with Crippen molar-refractivity contribution >= 4 is 21.7 Å². The van der Waals surface area contributed by atoms with Crippen molar-refractivity contribution in [3.8, 4) is 0 Å². The van der Waals surface area contributed by atoms with Gasteiger partial charge in [0.15, 0.2) is 0 Å². The van der Waals surface area contributed by atoms with Gasteiger partial charge < -0.3 is 9.04 Å². The largest absolute Gasteiger partial charge is 0.744 e. The van der Waals surface area contributed by atoms with E-state index in [1.165, 1.54) is 74.8 Å². The zero-order valence-electron chi connectivity index (χ0n) is 16.8. The zero-order chi connectivity index (χ0) is 20.1. The lowest BCUT2D eigenvalue weighted by molar-refractivity contribution is -0.910. The molecular formula is C20H36ClNO3S. The van der Waals surface area contributed by atoms with Crippen molar-refractivity contribution in [1.82, 2.24) is 0 Å². The Morgan fingerprint density at radius 2 is 1.38 bits per heavy atom. The molecule has 0 saturated heterocycles. The molecule has 0 radical (unpaired) electrons. The molecule has 0 saturated carbocycles. The van der Waals surface area contributed by atoms with Crippen LogP contribution in [0.2, 0.25) is 0 Å². The molecule has 0 aliphatic heterocycles. The second-order valence-electron chi connectivity index (χ2n) is 7.16. The van der Waals surface area contributed by atoms with E-state index < -0.39 is 10.1 Å². The summed E-state index contributed by atoms with van der Waals surface area (Å²) in [4.78, 5) is -0.178. The van der Waals surface area contributed by atoms with Crippen LogP contribution in [-0.2, 0) is 10.1 Å². The van der Waals surface area contributed by atoms with Gasteiger partial charge in [0.1, 0.15) is 10.1 Å². The molecule has 0 heterocycles. The van der Waals surface area contributed by atoms with Crippen LogP contribution in [0.5, 0.6) is 0 Å². The van der Waals surface area contributed by atoms with Crippen molar-refractivity contribution in [3.63, 3.8) is 0 Å². The molecule has 0 unspecified atom stereocenters. The van der Waals surface area contributed by atoms with Crippen LogP contribution in [0.25, 0.3) is 0 Å². The van der Waals surface area contributed by atoms with Gasteiger partial charge in [-0.2, -0.15) is 0 Å². The van der Waals surface area contributed by atoms with E-state index in [0.717, 1.165) is 11.4 Å². The highest BCUT2D eigenvalue weighted by Gasteiger charge is 2.19. The first kappa shape index (κ1) is 25.4. The molecule has 6 heteroatoms. The van der Waals surface area contributed by atoms with Gasteiger partial charge in [-0.3, -0.25) is 0 Å². The average Bonchev–Trinajstić information content (AvgIpc) is 2.59. The third-order valence-electron chi connectivity index (χ3n) is 4.49. The smallest absolute Gasteiger partial charge is 0.124 e. The average molecular weight is 406 g/mol. The monoisotopic (exact) mass is 405 g/mol. The molecule has 1 aromatic carbocycles. The summed E-state index contributed by atoms with van der Waals surface area (Å²) >= 11 is 5.73. The Kier molecular flexibility index (Phi) is 13.2. The fourth-order valence-corrected chi connectivity index (χ4v) is 3.37. The zero-order valence-corrected chi connectivity index (χ0v) is 18.4. The molecule has 0 aliphatic rings. The molecule has 152 valence electrons. The van der Waals surface area contributed by atoms with Gasteiger partial charge >= 0.3 is 0 Å². The third-order valence-corrected chi connectivity index (χ3v) is 5.61. The maximum atomic E-state index is 10.4. The van der Waals surface area contributed by atoms with Gasteiger partial charge in [0.05, 0.1) is 31.6 Å². The van der Waals surface area contributed by atoms with Crippen LogP contribution in [0.3, 0.4) is 0 Å². The Morgan fingerprint density at radius 3 is 1.77 bits per heavy atom. The van der Waals surface area contributed by atoms with E-state index in [2.05, 4.69) is 20.9 Å². The molecule has 0 spiro atoms. The van der Waals surface area contributed by atoms with Crippen molar-refractivity contribution in [2.45, 2.75) is 64.2 Å². The summed E-state index contributed by atoms with van der Waals surface area (Å²) in [6.07, 6.45) is 7.81. The molecule has 26 heavy (non-hydrogen) atoms. The molecule has 0 aromatic heterocycles. The highest BCUT2D eigenvalue weighted by molar-refractivity contribution is 7.85. The normalized spacial score (nSPS) is 11.8. The first-order valence-electron chi connectivity index (χ1n) is 9.60. The van der Waals surface area contributed by atoms with Crippen LogP contribution in [0.15, 0.2) is 29.2 Å². The van der Waals surface area contributed by atoms with Crippen LogP contribution < -0.4 is 0 Å². The number of nitrogens with zero attached hydrogens (tertiary/aromatic N) is 1. The van der Waals surface area contributed by atoms with Gasteiger partial charge in [-0.15, -0.1) is 11.6 Å². The lowest BCUT2D eigenvalue weighted by Gasteiger charge is -2.34. The van der Waals surface area contributed by atoms with E-state index in [0.29, 0.717) is 0 Å². The van der Waals surface area contributed by atoms with Crippen LogP contribution >= 0.6 is 11.6 Å². The van der Waals surface area contributed by atoms with Crippen LogP contribution in [0, 0.1) is 6.92 Å². The number of benzene rings is 1. The Labute approximate surface area is 165 Å². The second kappa shape index (κ2) is 13.5. The summed E-state index contributed by atoms with van der Waals surface area (Å²) in [7, 11) is -1.85. The van der Waals surface area contributed by atoms with Crippen LogP contribution in [0.1, 0.15) is 57.9 Å². The lowest BCUT2D eigenvalue weighted by atomic mass is 10.2. The number of quaternary nitrogens is 1. The maximum Gasteiger partial charge on any atom is 0.124 e. The first-order valence-corrected chi connectivity index (χ1v) is 11.5. The second-order valence-corrected chi connectivity index (χ2v) is 8.92. The summed E-state index contributed by atoms with van der Waals surface area (Å²) in [6.45, 7) is 10.4. The van der Waals surface area contributed by atoms with Gasteiger partial charge in [-0.25, -0.2) is 8.42 Å². The molecule has 0 atom stereocenters. The predicted molar refractivity (Wildman–Crippen MR) is 110 cm³/mol. The van der Waals surface area contributed by atoms with Crippen LogP contribution in [0.4, 0.5) is 0 Å². The van der Waals surface area contributed by atoms with Crippen molar-refractivity contribution < 1.29 is 17.5 Å². The Morgan fingerprint density at radius 1 is 0.923 bits per heavy atom. The van der Waals surface area contributed by atoms with E-state index in [1.54, 1.807) is 12.1 Å². The van der Waals surface area contributed by atoms with E-state index >= 15 is 0 Å². The van der Waals surface area contributed by atoms with Crippen molar-refractivity contribution in [3.05, 3.63) is 29.8 Å². The third kappa shape index (κ3) is 11.9. The molecule has 0 amide bonds. The highest BCUT2D eigenvalue weighted by atomic mass is 35.5. The van der Waals surface area contributed by atoms with Crippen molar-refractivity contribution in [2.75, 3.05) is 32.6 Å². The van der Waals surface area contributed by atoms with E-state index in [9.17, 15) is 13.0 Å². The minimum Gasteiger partial charge on any atom is -0.744 e. The van der Waals surface area contributed by atoms with E-state index in [1.807, 2.05) is 6.92 Å². The number of rotatable bonds is 11. The molecule has 1 rings (SSSR count). The minimum absolute atomic E-state index is 0.178. The SMILES string of the molecule is CCCC[N+](C)(CCCC)CCCCCl.Cc1ccc(S(=O)(=O)[O-])cc1. The molecule has 0 aliphatic carbocycles. The summed E-state index contributed by atoms with van der Waals surface area (Å²) < 4.78 is 32.4. The Bertz CT molecular complexity index is 565.